The van der Waals surface area contributed by atoms with Crippen LogP contribution in [0.3, 0.4) is 0 Å². The van der Waals surface area contributed by atoms with Crippen LogP contribution in [-0.2, 0) is 11.0 Å². The van der Waals surface area contributed by atoms with Crippen molar-refractivity contribution in [1.29, 1.82) is 5.26 Å². The number of halogens is 3. The quantitative estimate of drug-likeness (QED) is 0.495. The SMILES string of the molecule is CCC(C)c1ccccc1N/C=C(/C#N)C(=O)Nc1cccc(C(F)(F)F)c1. The van der Waals surface area contributed by atoms with Gasteiger partial charge in [-0.05, 0) is 42.2 Å². The summed E-state index contributed by atoms with van der Waals surface area (Å²) in [6.07, 6.45) is -2.34. The number of hydrogen-bond acceptors (Lipinski definition) is 3. The third kappa shape index (κ3) is 5.36. The molecule has 4 nitrogen and oxygen atoms in total. The Morgan fingerprint density at radius 2 is 1.93 bits per heavy atom. The lowest BCUT2D eigenvalue weighted by Gasteiger charge is -2.14. The van der Waals surface area contributed by atoms with Gasteiger partial charge in [0.1, 0.15) is 11.6 Å². The van der Waals surface area contributed by atoms with Gasteiger partial charge < -0.3 is 10.6 Å². The number of amides is 1. The zero-order valence-electron chi connectivity index (χ0n) is 15.5. The molecule has 0 spiro atoms. The normalized spacial score (nSPS) is 12.8. The molecule has 28 heavy (non-hydrogen) atoms. The molecule has 2 aromatic carbocycles. The number of hydrogen-bond donors (Lipinski definition) is 2. The minimum absolute atomic E-state index is 0.0408. The highest BCUT2D eigenvalue weighted by molar-refractivity contribution is 6.06. The van der Waals surface area contributed by atoms with Gasteiger partial charge in [-0.1, -0.05) is 38.1 Å². The van der Waals surface area contributed by atoms with E-state index in [9.17, 15) is 23.2 Å². The number of nitriles is 1. The first-order chi connectivity index (χ1) is 13.3. The second-order valence-electron chi connectivity index (χ2n) is 6.24. The zero-order chi connectivity index (χ0) is 20.7. The average molecular weight is 387 g/mol. The molecule has 0 bridgehead atoms. The fourth-order valence-electron chi connectivity index (χ4n) is 2.55. The molecule has 0 aliphatic carbocycles. The lowest BCUT2D eigenvalue weighted by atomic mass is 9.97. The summed E-state index contributed by atoms with van der Waals surface area (Å²) in [4.78, 5) is 12.3. The van der Waals surface area contributed by atoms with Crippen LogP contribution < -0.4 is 10.6 Å². The highest BCUT2D eigenvalue weighted by atomic mass is 19.4. The Labute approximate surface area is 161 Å². The van der Waals surface area contributed by atoms with Crippen LogP contribution in [0, 0.1) is 11.3 Å². The van der Waals surface area contributed by atoms with E-state index in [1.807, 2.05) is 24.3 Å². The Balaban J connectivity index is 2.18. The minimum Gasteiger partial charge on any atom is -0.360 e. The predicted octanol–water partition coefficient (Wildman–Crippen LogP) is 5.68. The van der Waals surface area contributed by atoms with Gasteiger partial charge in [-0.25, -0.2) is 0 Å². The molecule has 0 saturated heterocycles. The maximum absolute atomic E-state index is 12.8. The number of nitrogens with zero attached hydrogens (tertiary/aromatic N) is 1. The number of anilines is 2. The van der Waals surface area contributed by atoms with Gasteiger partial charge in [0.15, 0.2) is 0 Å². The molecule has 2 rings (SSSR count). The van der Waals surface area contributed by atoms with Crippen LogP contribution in [-0.4, -0.2) is 5.91 Å². The molecule has 1 amide bonds. The predicted molar refractivity (Wildman–Crippen MR) is 103 cm³/mol. The first-order valence-corrected chi connectivity index (χ1v) is 8.70. The van der Waals surface area contributed by atoms with Gasteiger partial charge in [0, 0.05) is 17.6 Å². The number of benzene rings is 2. The van der Waals surface area contributed by atoms with Crippen LogP contribution in [0.4, 0.5) is 24.5 Å². The Hall–Kier alpha value is -3.27. The molecule has 0 heterocycles. The highest BCUT2D eigenvalue weighted by Gasteiger charge is 2.30. The van der Waals surface area contributed by atoms with Crippen LogP contribution >= 0.6 is 0 Å². The molecule has 1 unspecified atom stereocenters. The van der Waals surface area contributed by atoms with Crippen molar-refractivity contribution in [2.75, 3.05) is 10.6 Å². The van der Waals surface area contributed by atoms with Crippen molar-refractivity contribution in [1.82, 2.24) is 0 Å². The second-order valence-corrected chi connectivity index (χ2v) is 6.24. The van der Waals surface area contributed by atoms with Crippen molar-refractivity contribution in [3.05, 3.63) is 71.4 Å². The standard InChI is InChI=1S/C21H20F3N3O/c1-3-14(2)18-9-4-5-10-19(18)26-13-15(12-25)20(28)27-17-8-6-7-16(11-17)21(22,23)24/h4-11,13-14,26H,3H2,1-2H3,(H,27,28)/b15-13-. The number of alkyl halides is 3. The molecule has 1 atom stereocenters. The summed E-state index contributed by atoms with van der Waals surface area (Å²) in [5.41, 5.74) is 0.624. The molecule has 0 aliphatic rings. The molecule has 2 N–H and O–H groups in total. The molecule has 0 radical (unpaired) electrons. The zero-order valence-corrected chi connectivity index (χ0v) is 15.5. The fraction of sp³-hybridized carbons (Fsp3) is 0.238. The Bertz CT molecular complexity index is 914. The van der Waals surface area contributed by atoms with Crippen molar-refractivity contribution in [3.8, 4) is 6.07 Å². The van der Waals surface area contributed by atoms with Gasteiger partial charge in [-0.3, -0.25) is 4.79 Å². The monoisotopic (exact) mass is 387 g/mol. The lowest BCUT2D eigenvalue weighted by molar-refractivity contribution is -0.137. The molecule has 0 aliphatic heterocycles. The molecule has 0 fully saturated rings. The van der Waals surface area contributed by atoms with Gasteiger partial charge in [0.2, 0.25) is 0 Å². The topological polar surface area (TPSA) is 64.9 Å². The molecular weight excluding hydrogens is 367 g/mol. The number of para-hydroxylation sites is 1. The van der Waals surface area contributed by atoms with E-state index in [0.29, 0.717) is 0 Å². The van der Waals surface area contributed by atoms with Crippen LogP contribution in [0.5, 0.6) is 0 Å². The summed E-state index contributed by atoms with van der Waals surface area (Å²) < 4.78 is 38.4. The van der Waals surface area contributed by atoms with E-state index in [1.165, 1.54) is 18.3 Å². The van der Waals surface area contributed by atoms with Crippen LogP contribution in [0.2, 0.25) is 0 Å². The van der Waals surface area contributed by atoms with Crippen molar-refractivity contribution >= 4 is 17.3 Å². The molecule has 2 aromatic rings. The average Bonchev–Trinajstić information content (AvgIpc) is 2.67. The summed E-state index contributed by atoms with van der Waals surface area (Å²) in [7, 11) is 0. The Morgan fingerprint density at radius 3 is 2.57 bits per heavy atom. The number of rotatable bonds is 6. The summed E-state index contributed by atoms with van der Waals surface area (Å²) in [6, 6.07) is 13.5. The van der Waals surface area contributed by atoms with Crippen LogP contribution in [0.25, 0.3) is 0 Å². The van der Waals surface area contributed by atoms with Crippen LogP contribution in [0.1, 0.15) is 37.3 Å². The van der Waals surface area contributed by atoms with Crippen molar-refractivity contribution in [3.63, 3.8) is 0 Å². The van der Waals surface area contributed by atoms with Crippen LogP contribution in [0.15, 0.2) is 60.3 Å². The molecular formula is C21H20F3N3O. The van der Waals surface area contributed by atoms with Crippen molar-refractivity contribution in [2.24, 2.45) is 0 Å². The molecule has 7 heteroatoms. The fourth-order valence-corrected chi connectivity index (χ4v) is 2.55. The third-order valence-corrected chi connectivity index (χ3v) is 4.29. The maximum Gasteiger partial charge on any atom is 0.416 e. The largest absolute Gasteiger partial charge is 0.416 e. The molecule has 146 valence electrons. The minimum atomic E-state index is -4.52. The van der Waals surface area contributed by atoms with E-state index in [-0.39, 0.29) is 17.2 Å². The molecule has 0 saturated carbocycles. The van der Waals surface area contributed by atoms with E-state index >= 15 is 0 Å². The Kier molecular flexibility index (Phi) is 6.83. The summed E-state index contributed by atoms with van der Waals surface area (Å²) in [6.45, 7) is 4.12. The van der Waals surface area contributed by atoms with Gasteiger partial charge in [0.25, 0.3) is 5.91 Å². The van der Waals surface area contributed by atoms with Gasteiger partial charge in [-0.15, -0.1) is 0 Å². The third-order valence-electron chi connectivity index (χ3n) is 4.29. The summed E-state index contributed by atoms with van der Waals surface area (Å²) >= 11 is 0. The summed E-state index contributed by atoms with van der Waals surface area (Å²) in [5.74, 6) is -0.517. The van der Waals surface area contributed by atoms with E-state index in [0.717, 1.165) is 29.8 Å². The van der Waals surface area contributed by atoms with E-state index < -0.39 is 17.6 Å². The lowest BCUT2D eigenvalue weighted by Crippen LogP contribution is -2.15. The second kappa shape index (κ2) is 9.09. The number of carbonyl (C=O) groups is 1. The smallest absolute Gasteiger partial charge is 0.360 e. The number of nitrogens with one attached hydrogen (secondary N) is 2. The Morgan fingerprint density at radius 1 is 1.21 bits per heavy atom. The van der Waals surface area contributed by atoms with Gasteiger partial charge in [0.05, 0.1) is 5.56 Å². The highest BCUT2D eigenvalue weighted by Crippen LogP contribution is 2.31. The van der Waals surface area contributed by atoms with Crippen molar-refractivity contribution < 1.29 is 18.0 Å². The van der Waals surface area contributed by atoms with E-state index in [4.69, 9.17) is 0 Å². The summed E-state index contributed by atoms with van der Waals surface area (Å²) in [5, 5.41) is 14.5. The first-order valence-electron chi connectivity index (χ1n) is 8.70. The van der Waals surface area contributed by atoms with E-state index in [1.54, 1.807) is 6.07 Å². The maximum atomic E-state index is 12.8. The van der Waals surface area contributed by atoms with Gasteiger partial charge >= 0.3 is 6.18 Å². The van der Waals surface area contributed by atoms with Gasteiger partial charge in [-0.2, -0.15) is 18.4 Å². The van der Waals surface area contributed by atoms with E-state index in [2.05, 4.69) is 24.5 Å². The van der Waals surface area contributed by atoms with Crippen molar-refractivity contribution in [2.45, 2.75) is 32.4 Å². The molecule has 0 aromatic heterocycles. The number of carbonyl (C=O) groups excluding carboxylic acids is 1. The first kappa shape index (κ1) is 21.0.